The maximum Gasteiger partial charge on any atom is 0.299 e. The van der Waals surface area contributed by atoms with Crippen LogP contribution in [0.3, 0.4) is 0 Å². The van der Waals surface area contributed by atoms with Gasteiger partial charge in [-0.1, -0.05) is 30.3 Å². The molecule has 0 aliphatic carbocycles. The van der Waals surface area contributed by atoms with Crippen molar-refractivity contribution >= 4 is 34.4 Å². The first-order valence-electron chi connectivity index (χ1n) is 9.03. The van der Waals surface area contributed by atoms with Gasteiger partial charge in [-0.2, -0.15) is 10.2 Å². The Morgan fingerprint density at radius 3 is 2.66 bits per heavy atom. The van der Waals surface area contributed by atoms with Gasteiger partial charge in [-0.05, 0) is 0 Å². The largest absolute Gasteiger partial charge is 0.432 e. The zero-order valence-electron chi connectivity index (χ0n) is 15.9. The number of pyridine rings is 1. The van der Waals surface area contributed by atoms with E-state index >= 15 is 0 Å². The second-order valence-corrected chi connectivity index (χ2v) is 6.55. The van der Waals surface area contributed by atoms with E-state index in [1.165, 1.54) is 6.26 Å². The van der Waals surface area contributed by atoms with Gasteiger partial charge in [-0.15, -0.1) is 0 Å². The fourth-order valence-electron chi connectivity index (χ4n) is 3.15. The number of nitrogens with one attached hydrogen (secondary N) is 2. The predicted octanol–water partition coefficient (Wildman–Crippen LogP) is 3.84. The molecule has 29 heavy (non-hydrogen) atoms. The molecule has 4 aromatic heterocycles. The summed E-state index contributed by atoms with van der Waals surface area (Å²) < 4.78 is 8.83. The number of hydrogen-bond donors (Lipinski definition) is 2. The van der Waals surface area contributed by atoms with Crippen LogP contribution in [0.4, 0.5) is 23.3 Å². The van der Waals surface area contributed by atoms with Crippen molar-refractivity contribution in [2.45, 2.75) is 0 Å². The Balaban J connectivity index is 1.52. The smallest absolute Gasteiger partial charge is 0.299 e. The number of oxazole rings is 1. The SMILES string of the molecule is Cn1nc(-c2ccccc2)cc1Nc1cc(Nc2ncco2)c2cnn(C)c2n1. The Morgan fingerprint density at radius 2 is 1.86 bits per heavy atom. The van der Waals surface area contributed by atoms with Crippen molar-refractivity contribution in [1.29, 1.82) is 0 Å². The third kappa shape index (κ3) is 3.18. The van der Waals surface area contributed by atoms with Gasteiger partial charge in [0.1, 0.15) is 17.9 Å². The molecule has 0 aliphatic rings. The molecule has 4 heterocycles. The Hall–Kier alpha value is -4.14. The molecule has 5 aromatic rings. The Labute approximate surface area is 166 Å². The summed E-state index contributed by atoms with van der Waals surface area (Å²) in [6, 6.07) is 14.3. The van der Waals surface area contributed by atoms with Gasteiger partial charge in [0.05, 0.1) is 29.2 Å². The van der Waals surface area contributed by atoms with E-state index in [0.717, 1.165) is 33.8 Å². The van der Waals surface area contributed by atoms with Crippen molar-refractivity contribution in [1.82, 2.24) is 29.5 Å². The molecule has 0 bridgehead atoms. The van der Waals surface area contributed by atoms with E-state index in [2.05, 4.69) is 25.8 Å². The first-order valence-corrected chi connectivity index (χ1v) is 9.03. The molecule has 0 fully saturated rings. The minimum atomic E-state index is 0.402. The molecule has 0 radical (unpaired) electrons. The summed E-state index contributed by atoms with van der Waals surface area (Å²) in [5.74, 6) is 1.47. The van der Waals surface area contributed by atoms with Crippen LogP contribution in [0.5, 0.6) is 0 Å². The molecule has 0 amide bonds. The minimum Gasteiger partial charge on any atom is -0.432 e. The molecule has 0 atom stereocenters. The lowest BCUT2D eigenvalue weighted by Gasteiger charge is -2.09. The number of anilines is 4. The summed E-state index contributed by atoms with van der Waals surface area (Å²) in [5, 5.41) is 16.3. The molecular weight excluding hydrogens is 368 g/mol. The molecule has 144 valence electrons. The minimum absolute atomic E-state index is 0.402. The highest BCUT2D eigenvalue weighted by Gasteiger charge is 2.14. The number of aryl methyl sites for hydroxylation is 2. The van der Waals surface area contributed by atoms with E-state index in [1.807, 2.05) is 56.6 Å². The van der Waals surface area contributed by atoms with Crippen LogP contribution in [0, 0.1) is 0 Å². The number of benzene rings is 1. The Kier molecular flexibility index (Phi) is 3.98. The monoisotopic (exact) mass is 386 g/mol. The molecule has 0 spiro atoms. The highest BCUT2D eigenvalue weighted by molar-refractivity contribution is 5.92. The average Bonchev–Trinajstić information content (AvgIpc) is 3.45. The first-order chi connectivity index (χ1) is 14.2. The summed E-state index contributed by atoms with van der Waals surface area (Å²) >= 11 is 0. The van der Waals surface area contributed by atoms with E-state index in [9.17, 15) is 0 Å². The van der Waals surface area contributed by atoms with Gasteiger partial charge in [0.15, 0.2) is 5.65 Å². The van der Waals surface area contributed by atoms with E-state index < -0.39 is 0 Å². The molecule has 1 aromatic carbocycles. The van der Waals surface area contributed by atoms with Crippen LogP contribution < -0.4 is 10.6 Å². The van der Waals surface area contributed by atoms with Crippen molar-refractivity contribution in [3.63, 3.8) is 0 Å². The topological polar surface area (TPSA) is 98.6 Å². The van der Waals surface area contributed by atoms with Crippen LogP contribution in [-0.2, 0) is 14.1 Å². The molecule has 0 saturated heterocycles. The van der Waals surface area contributed by atoms with Gasteiger partial charge in [0, 0.05) is 31.8 Å². The van der Waals surface area contributed by atoms with E-state index in [4.69, 9.17) is 9.40 Å². The molecule has 0 aliphatic heterocycles. The second-order valence-electron chi connectivity index (χ2n) is 6.55. The number of aromatic nitrogens is 6. The van der Waals surface area contributed by atoms with Crippen LogP contribution in [-0.4, -0.2) is 29.5 Å². The maximum atomic E-state index is 5.32. The van der Waals surface area contributed by atoms with Crippen LogP contribution in [0.2, 0.25) is 0 Å². The number of nitrogens with zero attached hydrogens (tertiary/aromatic N) is 6. The zero-order chi connectivity index (χ0) is 19.8. The highest BCUT2D eigenvalue weighted by Crippen LogP contribution is 2.29. The third-order valence-electron chi connectivity index (χ3n) is 4.58. The lowest BCUT2D eigenvalue weighted by Crippen LogP contribution is -2.03. The standard InChI is InChI=1S/C20H18N8O/c1-27-18(11-15(26-27)13-6-4-3-5-7-13)24-17-10-16(23-20-21-8-9-29-20)14-12-22-28(2)19(14)25-17/h3-12H,1-2H3,(H2,21,23,24,25). The van der Waals surface area contributed by atoms with Crippen LogP contribution in [0.1, 0.15) is 0 Å². The number of fused-ring (bicyclic) bond motifs is 1. The van der Waals surface area contributed by atoms with E-state index in [-0.39, 0.29) is 0 Å². The van der Waals surface area contributed by atoms with Crippen molar-refractivity contribution in [3.05, 3.63) is 61.1 Å². The molecule has 5 rings (SSSR count). The van der Waals surface area contributed by atoms with Gasteiger partial charge in [0.25, 0.3) is 6.01 Å². The lowest BCUT2D eigenvalue weighted by molar-refractivity contribution is 0.578. The van der Waals surface area contributed by atoms with Gasteiger partial charge in [-0.3, -0.25) is 9.36 Å². The lowest BCUT2D eigenvalue weighted by atomic mass is 10.1. The van der Waals surface area contributed by atoms with Crippen LogP contribution >= 0.6 is 0 Å². The number of hydrogen-bond acceptors (Lipinski definition) is 7. The van der Waals surface area contributed by atoms with Crippen LogP contribution in [0.25, 0.3) is 22.3 Å². The molecule has 9 heteroatoms. The molecule has 2 N–H and O–H groups in total. The van der Waals surface area contributed by atoms with Crippen molar-refractivity contribution in [2.24, 2.45) is 14.1 Å². The van der Waals surface area contributed by atoms with Crippen molar-refractivity contribution in [3.8, 4) is 11.3 Å². The van der Waals surface area contributed by atoms with Gasteiger partial charge >= 0.3 is 0 Å². The fraction of sp³-hybridized carbons (Fsp3) is 0.100. The average molecular weight is 386 g/mol. The van der Waals surface area contributed by atoms with Crippen molar-refractivity contribution in [2.75, 3.05) is 10.6 Å². The molecule has 9 nitrogen and oxygen atoms in total. The maximum absolute atomic E-state index is 5.32. The fourth-order valence-corrected chi connectivity index (χ4v) is 3.15. The van der Waals surface area contributed by atoms with Gasteiger partial charge < -0.3 is 15.1 Å². The molecule has 0 saturated carbocycles. The second kappa shape index (κ2) is 6.79. The summed E-state index contributed by atoms with van der Waals surface area (Å²) in [5.41, 5.74) is 3.46. The first kappa shape index (κ1) is 17.0. The Bertz CT molecular complexity index is 1270. The normalized spacial score (nSPS) is 11.1. The van der Waals surface area contributed by atoms with Crippen LogP contribution in [0.15, 0.2) is 65.5 Å². The highest BCUT2D eigenvalue weighted by atomic mass is 16.4. The molecule has 0 unspecified atom stereocenters. The summed E-state index contributed by atoms with van der Waals surface area (Å²) in [6.07, 6.45) is 4.86. The predicted molar refractivity (Wildman–Crippen MR) is 110 cm³/mol. The summed E-state index contributed by atoms with van der Waals surface area (Å²) in [4.78, 5) is 8.83. The summed E-state index contributed by atoms with van der Waals surface area (Å²) in [6.45, 7) is 0. The van der Waals surface area contributed by atoms with E-state index in [1.54, 1.807) is 21.8 Å². The molecular formula is C20H18N8O. The quantitative estimate of drug-likeness (QED) is 0.473. The third-order valence-corrected chi connectivity index (χ3v) is 4.58. The summed E-state index contributed by atoms with van der Waals surface area (Å²) in [7, 11) is 3.74. The van der Waals surface area contributed by atoms with Crippen molar-refractivity contribution < 1.29 is 4.42 Å². The zero-order valence-corrected chi connectivity index (χ0v) is 15.9. The number of rotatable bonds is 5. The van der Waals surface area contributed by atoms with Gasteiger partial charge in [-0.25, -0.2) is 9.97 Å². The Morgan fingerprint density at radius 1 is 1.00 bits per heavy atom. The van der Waals surface area contributed by atoms with E-state index in [0.29, 0.717) is 11.8 Å². The van der Waals surface area contributed by atoms with Gasteiger partial charge in [0.2, 0.25) is 0 Å².